The smallest absolute Gasteiger partial charge is 0.237 e. The molecule has 1 amide bonds. The minimum Gasteiger partial charge on any atom is -0.391 e. The maximum Gasteiger partial charge on any atom is 0.237 e. The van der Waals surface area contributed by atoms with E-state index in [1.165, 1.54) is 12.1 Å². The van der Waals surface area contributed by atoms with Gasteiger partial charge in [-0.15, -0.1) is 0 Å². The van der Waals surface area contributed by atoms with Crippen LogP contribution in [-0.2, 0) is 4.79 Å². The van der Waals surface area contributed by atoms with Crippen molar-refractivity contribution in [1.82, 2.24) is 9.80 Å². The number of aliphatic hydroxyl groups excluding tert-OH is 1. The monoisotopic (exact) mass is 266 g/mol. The predicted octanol–water partition coefficient (Wildman–Crippen LogP) is 1.02. The molecule has 1 N–H and O–H groups in total. The van der Waals surface area contributed by atoms with Crippen molar-refractivity contribution in [3.8, 4) is 0 Å². The van der Waals surface area contributed by atoms with Crippen LogP contribution in [0.25, 0.3) is 0 Å². The van der Waals surface area contributed by atoms with E-state index >= 15 is 0 Å². The number of benzene rings is 1. The summed E-state index contributed by atoms with van der Waals surface area (Å²) in [5.74, 6) is -0.315. The molecular formula is C14H19FN2O2. The quantitative estimate of drug-likeness (QED) is 0.888. The Morgan fingerprint density at radius 3 is 2.63 bits per heavy atom. The molecule has 0 saturated carbocycles. The fourth-order valence-electron chi connectivity index (χ4n) is 2.45. The van der Waals surface area contributed by atoms with E-state index in [0.29, 0.717) is 19.5 Å². The van der Waals surface area contributed by atoms with Crippen molar-refractivity contribution in [3.63, 3.8) is 0 Å². The number of likely N-dealkylation sites (N-methyl/N-ethyl adjacent to an activating group) is 1. The van der Waals surface area contributed by atoms with Crippen LogP contribution in [-0.4, -0.2) is 54.1 Å². The Balaban J connectivity index is 2.17. The largest absolute Gasteiger partial charge is 0.391 e. The van der Waals surface area contributed by atoms with Gasteiger partial charge in [-0.25, -0.2) is 4.39 Å². The van der Waals surface area contributed by atoms with E-state index in [1.807, 2.05) is 14.1 Å². The molecule has 0 aromatic heterocycles. The maximum absolute atomic E-state index is 12.9. The third kappa shape index (κ3) is 3.30. The third-order valence-corrected chi connectivity index (χ3v) is 3.31. The highest BCUT2D eigenvalue weighted by atomic mass is 19.1. The lowest BCUT2D eigenvalue weighted by Gasteiger charge is -2.26. The van der Waals surface area contributed by atoms with Gasteiger partial charge in [-0.05, 0) is 38.2 Å². The number of amides is 1. The van der Waals surface area contributed by atoms with Gasteiger partial charge in [0, 0.05) is 6.54 Å². The average Bonchev–Trinajstić information content (AvgIpc) is 2.71. The topological polar surface area (TPSA) is 43.8 Å². The van der Waals surface area contributed by atoms with Gasteiger partial charge in [0.1, 0.15) is 5.82 Å². The molecule has 0 spiro atoms. The zero-order chi connectivity index (χ0) is 14.0. The van der Waals surface area contributed by atoms with Crippen LogP contribution in [0.5, 0.6) is 0 Å². The van der Waals surface area contributed by atoms with Crippen molar-refractivity contribution >= 4 is 5.91 Å². The predicted molar refractivity (Wildman–Crippen MR) is 70.0 cm³/mol. The van der Waals surface area contributed by atoms with Gasteiger partial charge >= 0.3 is 0 Å². The van der Waals surface area contributed by atoms with Gasteiger partial charge < -0.3 is 14.9 Å². The third-order valence-electron chi connectivity index (χ3n) is 3.31. The molecule has 0 unspecified atom stereocenters. The van der Waals surface area contributed by atoms with Crippen LogP contribution in [0.1, 0.15) is 18.0 Å². The van der Waals surface area contributed by atoms with Gasteiger partial charge in [0.2, 0.25) is 5.91 Å². The van der Waals surface area contributed by atoms with Crippen LogP contribution < -0.4 is 0 Å². The molecule has 2 rings (SSSR count). The van der Waals surface area contributed by atoms with E-state index < -0.39 is 6.10 Å². The number of halogens is 1. The van der Waals surface area contributed by atoms with Gasteiger partial charge in [-0.2, -0.15) is 0 Å². The number of hydrogen-bond donors (Lipinski definition) is 1. The van der Waals surface area contributed by atoms with E-state index in [4.69, 9.17) is 0 Å². The highest BCUT2D eigenvalue weighted by Gasteiger charge is 2.35. The van der Waals surface area contributed by atoms with Crippen LogP contribution in [0, 0.1) is 5.82 Å². The molecule has 0 aliphatic carbocycles. The summed E-state index contributed by atoms with van der Waals surface area (Å²) in [5, 5.41) is 9.79. The van der Waals surface area contributed by atoms with Crippen LogP contribution in [0.2, 0.25) is 0 Å². The molecule has 5 heteroatoms. The van der Waals surface area contributed by atoms with E-state index in [1.54, 1.807) is 21.9 Å². The molecule has 104 valence electrons. The van der Waals surface area contributed by atoms with Gasteiger partial charge in [-0.3, -0.25) is 4.79 Å². The zero-order valence-electron chi connectivity index (χ0n) is 11.2. The van der Waals surface area contributed by atoms with Gasteiger partial charge in [0.05, 0.1) is 18.7 Å². The SMILES string of the molecule is CN(C)CC(=O)N1C[C@@H](O)C[C@H]1c1ccc(F)cc1. The molecule has 1 heterocycles. The number of rotatable bonds is 3. The minimum absolute atomic E-state index is 0.0177. The number of β-amino-alcohol motifs (C(OH)–C–C–N with tert-alkyl or cyclic N) is 1. The Bertz CT molecular complexity index is 447. The first-order valence-corrected chi connectivity index (χ1v) is 6.35. The summed E-state index contributed by atoms with van der Waals surface area (Å²) in [6.07, 6.45) is -0.00805. The maximum atomic E-state index is 12.9. The van der Waals surface area contributed by atoms with Crippen LogP contribution in [0.4, 0.5) is 4.39 Å². The first-order valence-electron chi connectivity index (χ1n) is 6.35. The summed E-state index contributed by atoms with van der Waals surface area (Å²) in [5.41, 5.74) is 0.866. The number of carbonyl (C=O) groups is 1. The van der Waals surface area contributed by atoms with Crippen LogP contribution in [0.15, 0.2) is 24.3 Å². The lowest BCUT2D eigenvalue weighted by atomic mass is 10.0. The molecule has 1 saturated heterocycles. The van der Waals surface area contributed by atoms with Crippen LogP contribution >= 0.6 is 0 Å². The van der Waals surface area contributed by atoms with E-state index in [2.05, 4.69) is 0 Å². The number of aliphatic hydroxyl groups is 1. The number of hydrogen-bond acceptors (Lipinski definition) is 3. The second-order valence-corrected chi connectivity index (χ2v) is 5.24. The highest BCUT2D eigenvalue weighted by Crippen LogP contribution is 2.32. The Kier molecular flexibility index (Phi) is 4.17. The zero-order valence-corrected chi connectivity index (χ0v) is 11.2. The lowest BCUT2D eigenvalue weighted by molar-refractivity contribution is -0.133. The molecule has 1 aromatic carbocycles. The lowest BCUT2D eigenvalue weighted by Crippen LogP contribution is -2.38. The van der Waals surface area contributed by atoms with E-state index in [0.717, 1.165) is 5.56 Å². The Labute approximate surface area is 112 Å². The number of likely N-dealkylation sites (tertiary alicyclic amines) is 1. The normalized spacial score (nSPS) is 23.1. The van der Waals surface area contributed by atoms with Crippen molar-refractivity contribution in [2.24, 2.45) is 0 Å². The Morgan fingerprint density at radius 2 is 2.05 bits per heavy atom. The molecule has 1 fully saturated rings. The molecule has 1 aliphatic rings. The summed E-state index contributed by atoms with van der Waals surface area (Å²) < 4.78 is 12.9. The van der Waals surface area contributed by atoms with E-state index in [-0.39, 0.29) is 17.8 Å². The fraction of sp³-hybridized carbons (Fsp3) is 0.500. The number of nitrogens with zero attached hydrogens (tertiary/aromatic N) is 2. The highest BCUT2D eigenvalue weighted by molar-refractivity contribution is 5.79. The van der Waals surface area contributed by atoms with Crippen LogP contribution in [0.3, 0.4) is 0 Å². The first kappa shape index (κ1) is 14.0. The van der Waals surface area contributed by atoms with Gasteiger partial charge in [-0.1, -0.05) is 12.1 Å². The first-order chi connectivity index (χ1) is 8.97. The molecule has 0 radical (unpaired) electrons. The van der Waals surface area contributed by atoms with Crippen molar-refractivity contribution in [1.29, 1.82) is 0 Å². The fourth-order valence-corrected chi connectivity index (χ4v) is 2.45. The average molecular weight is 266 g/mol. The summed E-state index contributed by atoms with van der Waals surface area (Å²) in [6.45, 7) is 0.652. The summed E-state index contributed by atoms with van der Waals surface area (Å²) in [4.78, 5) is 15.6. The Morgan fingerprint density at radius 1 is 1.42 bits per heavy atom. The van der Waals surface area contributed by atoms with Gasteiger partial charge in [0.15, 0.2) is 0 Å². The van der Waals surface area contributed by atoms with Crippen molar-refractivity contribution in [2.75, 3.05) is 27.2 Å². The molecular weight excluding hydrogens is 247 g/mol. The molecule has 4 nitrogen and oxygen atoms in total. The summed E-state index contributed by atoms with van der Waals surface area (Å²) >= 11 is 0. The molecule has 1 aromatic rings. The second-order valence-electron chi connectivity index (χ2n) is 5.24. The van der Waals surface area contributed by atoms with E-state index in [9.17, 15) is 14.3 Å². The minimum atomic E-state index is -0.513. The van der Waals surface area contributed by atoms with Crippen molar-refractivity contribution < 1.29 is 14.3 Å². The number of carbonyl (C=O) groups excluding carboxylic acids is 1. The summed E-state index contributed by atoms with van der Waals surface area (Å²) in [6, 6.07) is 5.95. The van der Waals surface area contributed by atoms with Gasteiger partial charge in [0.25, 0.3) is 0 Å². The Hall–Kier alpha value is -1.46. The van der Waals surface area contributed by atoms with Crippen molar-refractivity contribution in [3.05, 3.63) is 35.6 Å². The summed E-state index contributed by atoms with van der Waals surface area (Å²) in [7, 11) is 3.66. The molecule has 1 aliphatic heterocycles. The molecule has 2 atom stereocenters. The standard InChI is InChI=1S/C14H19FN2O2/c1-16(2)9-14(19)17-8-12(18)7-13(17)10-3-5-11(15)6-4-10/h3-6,12-13,18H,7-9H2,1-2H3/t12-,13-/m0/s1. The molecule has 19 heavy (non-hydrogen) atoms. The second kappa shape index (κ2) is 5.67. The molecule has 0 bridgehead atoms. The van der Waals surface area contributed by atoms with Crippen molar-refractivity contribution in [2.45, 2.75) is 18.6 Å².